The largest absolute Gasteiger partial charge is 0.301 e. The first-order chi connectivity index (χ1) is 5.64. The Morgan fingerprint density at radius 3 is 2.83 bits per heavy atom. The van der Waals surface area contributed by atoms with Gasteiger partial charge in [-0.2, -0.15) is 11.8 Å². The molecule has 0 aromatic carbocycles. The van der Waals surface area contributed by atoms with Gasteiger partial charge in [0, 0.05) is 28.9 Å². The molecular weight excluding hydrogens is 234 g/mol. The molecule has 1 aliphatic heterocycles. The molecule has 1 saturated heterocycles. The second-order valence-corrected chi connectivity index (χ2v) is 6.52. The predicted molar refractivity (Wildman–Crippen MR) is 61.4 cm³/mol. The molecule has 0 atom stereocenters. The van der Waals surface area contributed by atoms with E-state index in [1.807, 2.05) is 0 Å². The molecule has 0 radical (unpaired) electrons. The second-order valence-electron chi connectivity index (χ2n) is 3.93. The lowest BCUT2D eigenvalue weighted by Gasteiger charge is -2.37. The van der Waals surface area contributed by atoms with Gasteiger partial charge in [0.2, 0.25) is 0 Å². The number of halogens is 1. The molecule has 1 heterocycles. The fourth-order valence-corrected chi connectivity index (χ4v) is 3.02. The lowest BCUT2D eigenvalue weighted by molar-refractivity contribution is 0.262. The fourth-order valence-electron chi connectivity index (χ4n) is 1.59. The predicted octanol–water partition coefficient (Wildman–Crippen LogP) is 2.60. The molecule has 1 nitrogen and oxygen atoms in total. The zero-order chi connectivity index (χ0) is 9.03. The van der Waals surface area contributed by atoms with Gasteiger partial charge in [-0.05, 0) is 26.8 Å². The molecule has 0 aromatic rings. The average Bonchev–Trinajstić information content (AvgIpc) is 1.99. The molecule has 3 heteroatoms. The Bertz CT molecular complexity index is 138. The summed E-state index contributed by atoms with van der Waals surface area (Å²) < 4.78 is 0.477. The van der Waals surface area contributed by atoms with Crippen molar-refractivity contribution >= 4 is 27.7 Å². The van der Waals surface area contributed by atoms with Crippen LogP contribution >= 0.6 is 27.7 Å². The van der Waals surface area contributed by atoms with E-state index in [0.29, 0.717) is 4.75 Å². The molecule has 0 unspecified atom stereocenters. The zero-order valence-electron chi connectivity index (χ0n) is 7.98. The number of hydrogen-bond donors (Lipinski definition) is 0. The number of alkyl halides is 1. The van der Waals surface area contributed by atoms with Gasteiger partial charge in [-0.1, -0.05) is 15.9 Å². The van der Waals surface area contributed by atoms with Crippen LogP contribution in [0.1, 0.15) is 20.3 Å². The fraction of sp³-hybridized carbons (Fsp3) is 1.00. The molecule has 72 valence electrons. The van der Waals surface area contributed by atoms with Crippen LogP contribution in [-0.2, 0) is 0 Å². The molecular formula is C9H18BrNS. The summed E-state index contributed by atoms with van der Waals surface area (Å²) in [7, 11) is 0. The van der Waals surface area contributed by atoms with E-state index in [9.17, 15) is 0 Å². The first kappa shape index (κ1) is 10.9. The molecule has 12 heavy (non-hydrogen) atoms. The maximum atomic E-state index is 3.47. The van der Waals surface area contributed by atoms with Gasteiger partial charge < -0.3 is 4.90 Å². The van der Waals surface area contributed by atoms with Gasteiger partial charge in [-0.15, -0.1) is 0 Å². The molecule has 0 amide bonds. The summed E-state index contributed by atoms with van der Waals surface area (Å²) in [6.45, 7) is 8.48. The number of nitrogens with zero attached hydrogens (tertiary/aromatic N) is 1. The third-order valence-electron chi connectivity index (χ3n) is 2.11. The van der Waals surface area contributed by atoms with Gasteiger partial charge in [0.1, 0.15) is 0 Å². The van der Waals surface area contributed by atoms with Crippen molar-refractivity contribution in [1.82, 2.24) is 4.90 Å². The molecule has 1 rings (SSSR count). The Labute approximate surface area is 88.4 Å². The Morgan fingerprint density at radius 1 is 1.50 bits per heavy atom. The monoisotopic (exact) mass is 251 g/mol. The van der Waals surface area contributed by atoms with Crippen molar-refractivity contribution in [1.29, 1.82) is 0 Å². The second kappa shape index (κ2) is 4.87. The summed E-state index contributed by atoms with van der Waals surface area (Å²) in [6, 6.07) is 0. The minimum Gasteiger partial charge on any atom is -0.301 e. The van der Waals surface area contributed by atoms with Crippen LogP contribution in [0.2, 0.25) is 0 Å². The smallest absolute Gasteiger partial charge is 0.0231 e. The van der Waals surface area contributed by atoms with E-state index in [2.05, 4.69) is 46.4 Å². The van der Waals surface area contributed by atoms with E-state index < -0.39 is 0 Å². The van der Waals surface area contributed by atoms with E-state index >= 15 is 0 Å². The highest BCUT2D eigenvalue weighted by Crippen LogP contribution is 2.29. The first-order valence-electron chi connectivity index (χ1n) is 4.56. The van der Waals surface area contributed by atoms with E-state index in [0.717, 1.165) is 5.33 Å². The van der Waals surface area contributed by atoms with Gasteiger partial charge >= 0.3 is 0 Å². The van der Waals surface area contributed by atoms with Crippen LogP contribution in [0, 0.1) is 0 Å². The third kappa shape index (κ3) is 3.67. The minimum atomic E-state index is 0.477. The Kier molecular flexibility index (Phi) is 4.41. The highest BCUT2D eigenvalue weighted by atomic mass is 79.9. The molecule has 0 aromatic heterocycles. The van der Waals surface area contributed by atoms with Crippen LogP contribution in [-0.4, -0.2) is 40.4 Å². The van der Waals surface area contributed by atoms with Crippen molar-refractivity contribution in [2.24, 2.45) is 0 Å². The van der Waals surface area contributed by atoms with Crippen molar-refractivity contribution in [2.75, 3.05) is 30.7 Å². The summed E-state index contributed by atoms with van der Waals surface area (Å²) in [6.07, 6.45) is 1.28. The maximum Gasteiger partial charge on any atom is 0.0231 e. The highest BCUT2D eigenvalue weighted by molar-refractivity contribution is 9.09. The van der Waals surface area contributed by atoms with E-state index in [4.69, 9.17) is 0 Å². The van der Waals surface area contributed by atoms with E-state index in [-0.39, 0.29) is 0 Å². The summed E-state index contributed by atoms with van der Waals surface area (Å²) in [5, 5.41) is 1.14. The van der Waals surface area contributed by atoms with Crippen LogP contribution in [0.25, 0.3) is 0 Å². The maximum absolute atomic E-state index is 3.47. The zero-order valence-corrected chi connectivity index (χ0v) is 10.4. The molecule has 0 aliphatic carbocycles. The number of hydrogen-bond acceptors (Lipinski definition) is 2. The van der Waals surface area contributed by atoms with Crippen LogP contribution in [0.5, 0.6) is 0 Å². The molecule has 0 N–H and O–H groups in total. The molecule has 0 saturated carbocycles. The van der Waals surface area contributed by atoms with Crippen molar-refractivity contribution < 1.29 is 0 Å². The van der Waals surface area contributed by atoms with Gasteiger partial charge in [-0.3, -0.25) is 0 Å². The van der Waals surface area contributed by atoms with Gasteiger partial charge in [0.05, 0.1) is 0 Å². The normalized spacial score (nSPS) is 24.2. The van der Waals surface area contributed by atoms with Gasteiger partial charge in [-0.25, -0.2) is 0 Å². The SMILES string of the molecule is CC1(C)CN(CCCBr)CCS1. The van der Waals surface area contributed by atoms with E-state index in [1.54, 1.807) is 0 Å². The summed E-state index contributed by atoms with van der Waals surface area (Å²) in [4.78, 5) is 2.58. The third-order valence-corrected chi connectivity index (χ3v) is 3.97. The molecule has 1 aliphatic rings. The molecule has 0 bridgehead atoms. The topological polar surface area (TPSA) is 3.24 Å². The van der Waals surface area contributed by atoms with Crippen molar-refractivity contribution in [3.63, 3.8) is 0 Å². The van der Waals surface area contributed by atoms with Gasteiger partial charge in [0.15, 0.2) is 0 Å². The molecule has 1 fully saturated rings. The standard InChI is InChI=1S/C9H18BrNS/c1-9(2)8-11(5-3-4-10)6-7-12-9/h3-8H2,1-2H3. The quantitative estimate of drug-likeness (QED) is 0.710. The lowest BCUT2D eigenvalue weighted by Crippen LogP contribution is -2.43. The Morgan fingerprint density at radius 2 is 2.25 bits per heavy atom. The van der Waals surface area contributed by atoms with Crippen molar-refractivity contribution in [3.8, 4) is 0 Å². The van der Waals surface area contributed by atoms with Crippen molar-refractivity contribution in [2.45, 2.75) is 25.0 Å². The summed E-state index contributed by atoms with van der Waals surface area (Å²) in [5.74, 6) is 1.30. The summed E-state index contributed by atoms with van der Waals surface area (Å²) in [5.41, 5.74) is 0. The number of rotatable bonds is 3. The van der Waals surface area contributed by atoms with Crippen LogP contribution < -0.4 is 0 Å². The van der Waals surface area contributed by atoms with Gasteiger partial charge in [0.25, 0.3) is 0 Å². The average molecular weight is 252 g/mol. The van der Waals surface area contributed by atoms with E-state index in [1.165, 1.54) is 31.8 Å². The minimum absolute atomic E-state index is 0.477. The Hall–Kier alpha value is 0.790. The van der Waals surface area contributed by atoms with Crippen LogP contribution in [0.3, 0.4) is 0 Å². The molecule has 0 spiro atoms. The van der Waals surface area contributed by atoms with Crippen LogP contribution in [0.15, 0.2) is 0 Å². The highest BCUT2D eigenvalue weighted by Gasteiger charge is 2.26. The first-order valence-corrected chi connectivity index (χ1v) is 6.67. The summed E-state index contributed by atoms with van der Waals surface area (Å²) >= 11 is 5.58. The Balaban J connectivity index is 2.26. The number of thioether (sulfide) groups is 1. The lowest BCUT2D eigenvalue weighted by atomic mass is 10.2. The van der Waals surface area contributed by atoms with Crippen molar-refractivity contribution in [3.05, 3.63) is 0 Å². The van der Waals surface area contributed by atoms with Crippen LogP contribution in [0.4, 0.5) is 0 Å².